The van der Waals surface area contributed by atoms with Crippen molar-refractivity contribution in [3.05, 3.63) is 29.8 Å². The van der Waals surface area contributed by atoms with E-state index in [1.807, 2.05) is 0 Å². The van der Waals surface area contributed by atoms with Crippen LogP contribution in [-0.4, -0.2) is 29.7 Å². The van der Waals surface area contributed by atoms with Crippen molar-refractivity contribution in [3.8, 4) is 0 Å². The molecular formula is C14H17F2NOS. The second-order valence-corrected chi connectivity index (χ2v) is 5.61. The molecule has 1 aliphatic heterocycles. The molecule has 0 radical (unpaired) electrons. The third-order valence-corrected chi connectivity index (χ3v) is 4.01. The average molecular weight is 285 g/mol. The van der Waals surface area contributed by atoms with Crippen molar-refractivity contribution in [1.82, 2.24) is 4.90 Å². The van der Waals surface area contributed by atoms with Gasteiger partial charge in [0.15, 0.2) is 0 Å². The maximum atomic E-state index is 12.5. The molecule has 1 aromatic carbocycles. The molecule has 19 heavy (non-hydrogen) atoms. The Labute approximate surface area is 116 Å². The monoisotopic (exact) mass is 285 g/mol. The second kappa shape index (κ2) is 6.89. The van der Waals surface area contributed by atoms with Crippen LogP contribution in [0.2, 0.25) is 0 Å². The van der Waals surface area contributed by atoms with Gasteiger partial charge in [0, 0.05) is 18.0 Å². The van der Waals surface area contributed by atoms with Crippen molar-refractivity contribution in [2.75, 3.05) is 13.1 Å². The largest absolute Gasteiger partial charge is 0.339 e. The Kier molecular flexibility index (Phi) is 5.19. The maximum Gasteiger partial charge on any atom is 0.288 e. The number of likely N-dealkylation sites (tertiary alicyclic amines) is 1. The van der Waals surface area contributed by atoms with Crippen LogP contribution in [0.5, 0.6) is 0 Å². The number of carbonyl (C=O) groups is 1. The minimum absolute atomic E-state index is 0.120. The average Bonchev–Trinajstić information content (AvgIpc) is 2.67. The molecule has 0 unspecified atom stereocenters. The maximum absolute atomic E-state index is 12.5. The van der Waals surface area contributed by atoms with E-state index < -0.39 is 5.76 Å². The predicted octanol–water partition coefficient (Wildman–Crippen LogP) is 4.02. The normalized spacial score (nSPS) is 16.5. The number of carbonyl (C=O) groups excluding carboxylic acids is 1. The van der Waals surface area contributed by atoms with Gasteiger partial charge in [-0.15, -0.1) is 0 Å². The Bertz CT molecular complexity index is 431. The van der Waals surface area contributed by atoms with Crippen LogP contribution in [0.3, 0.4) is 0 Å². The van der Waals surface area contributed by atoms with Gasteiger partial charge in [-0.3, -0.25) is 4.79 Å². The fraction of sp³-hybridized carbons (Fsp3) is 0.500. The highest BCUT2D eigenvalue weighted by Gasteiger charge is 2.21. The predicted molar refractivity (Wildman–Crippen MR) is 72.7 cm³/mol. The van der Waals surface area contributed by atoms with Gasteiger partial charge in [0.1, 0.15) is 0 Å². The lowest BCUT2D eigenvalue weighted by molar-refractivity contribution is 0.0758. The van der Waals surface area contributed by atoms with Gasteiger partial charge in [0.05, 0.1) is 5.56 Å². The van der Waals surface area contributed by atoms with Crippen LogP contribution >= 0.6 is 11.8 Å². The lowest BCUT2D eigenvalue weighted by Crippen LogP contribution is -2.32. The Morgan fingerprint density at radius 3 is 2.37 bits per heavy atom. The fourth-order valence-electron chi connectivity index (χ4n) is 2.29. The first-order valence-electron chi connectivity index (χ1n) is 6.51. The number of hydrogen-bond acceptors (Lipinski definition) is 2. The number of amides is 1. The number of thioether (sulfide) groups is 1. The van der Waals surface area contributed by atoms with E-state index in [0.29, 0.717) is 22.2 Å². The van der Waals surface area contributed by atoms with Crippen molar-refractivity contribution in [3.63, 3.8) is 0 Å². The summed E-state index contributed by atoms with van der Waals surface area (Å²) in [4.78, 5) is 14.6. The highest BCUT2D eigenvalue weighted by atomic mass is 32.2. The van der Waals surface area contributed by atoms with E-state index in [0.717, 1.165) is 38.8 Å². The zero-order valence-corrected chi connectivity index (χ0v) is 11.5. The molecule has 104 valence electrons. The van der Waals surface area contributed by atoms with Crippen LogP contribution in [0.25, 0.3) is 0 Å². The van der Waals surface area contributed by atoms with Gasteiger partial charge in [-0.25, -0.2) is 0 Å². The number of nitrogens with zero attached hydrogens (tertiary/aromatic N) is 1. The van der Waals surface area contributed by atoms with Crippen LogP contribution in [0.15, 0.2) is 29.2 Å². The molecule has 0 spiro atoms. The van der Waals surface area contributed by atoms with Crippen LogP contribution in [-0.2, 0) is 0 Å². The Balaban J connectivity index is 2.17. The summed E-state index contributed by atoms with van der Waals surface area (Å²) < 4.78 is 25.0. The van der Waals surface area contributed by atoms with Gasteiger partial charge < -0.3 is 4.90 Å². The molecule has 2 nitrogen and oxygen atoms in total. The highest BCUT2D eigenvalue weighted by molar-refractivity contribution is 7.99. The lowest BCUT2D eigenvalue weighted by atomic mass is 10.2. The third kappa shape index (κ3) is 3.93. The Hall–Kier alpha value is -1.10. The van der Waals surface area contributed by atoms with Crippen molar-refractivity contribution in [2.24, 2.45) is 0 Å². The van der Waals surface area contributed by atoms with Gasteiger partial charge in [0.2, 0.25) is 0 Å². The van der Waals surface area contributed by atoms with Crippen LogP contribution < -0.4 is 0 Å². The molecule has 0 aromatic heterocycles. The Morgan fingerprint density at radius 2 is 1.74 bits per heavy atom. The molecule has 5 heteroatoms. The molecule has 0 N–H and O–H groups in total. The summed E-state index contributed by atoms with van der Waals surface area (Å²) in [5.41, 5.74) is 0.398. The summed E-state index contributed by atoms with van der Waals surface area (Å²) in [6, 6.07) is 6.63. The molecule has 0 bridgehead atoms. The first kappa shape index (κ1) is 14.3. The summed E-state index contributed by atoms with van der Waals surface area (Å²) in [6.07, 6.45) is 4.26. The lowest BCUT2D eigenvalue weighted by Gasteiger charge is -2.21. The number of benzene rings is 1. The minimum Gasteiger partial charge on any atom is -0.339 e. The molecule has 1 aliphatic rings. The van der Waals surface area contributed by atoms with E-state index in [2.05, 4.69) is 0 Å². The number of halogens is 2. The summed E-state index contributed by atoms with van der Waals surface area (Å²) >= 11 is 0.442. The summed E-state index contributed by atoms with van der Waals surface area (Å²) in [7, 11) is 0. The summed E-state index contributed by atoms with van der Waals surface area (Å²) in [6.45, 7) is 1.46. The number of hydrogen-bond donors (Lipinski definition) is 0. The molecule has 0 atom stereocenters. The topological polar surface area (TPSA) is 20.3 Å². The van der Waals surface area contributed by atoms with Crippen molar-refractivity contribution in [1.29, 1.82) is 0 Å². The second-order valence-electron chi connectivity index (χ2n) is 4.58. The zero-order valence-electron chi connectivity index (χ0n) is 10.6. The van der Waals surface area contributed by atoms with Gasteiger partial charge in [-0.1, -0.05) is 36.7 Å². The van der Waals surface area contributed by atoms with Gasteiger partial charge in [0.25, 0.3) is 11.7 Å². The van der Waals surface area contributed by atoms with E-state index in [4.69, 9.17) is 0 Å². The van der Waals surface area contributed by atoms with Gasteiger partial charge in [-0.05, 0) is 25.0 Å². The summed E-state index contributed by atoms with van der Waals surface area (Å²) in [5, 5.41) is 0. The smallest absolute Gasteiger partial charge is 0.288 e. The van der Waals surface area contributed by atoms with Crippen molar-refractivity contribution in [2.45, 2.75) is 36.3 Å². The quantitative estimate of drug-likeness (QED) is 0.782. The molecule has 0 saturated carbocycles. The van der Waals surface area contributed by atoms with Gasteiger partial charge in [-0.2, -0.15) is 8.78 Å². The Morgan fingerprint density at radius 1 is 1.11 bits per heavy atom. The number of rotatable bonds is 3. The molecule has 1 heterocycles. The molecule has 1 amide bonds. The van der Waals surface area contributed by atoms with Gasteiger partial charge >= 0.3 is 0 Å². The van der Waals surface area contributed by atoms with Crippen LogP contribution in [0, 0.1) is 0 Å². The third-order valence-electron chi connectivity index (χ3n) is 3.23. The van der Waals surface area contributed by atoms with E-state index in [-0.39, 0.29) is 5.91 Å². The van der Waals surface area contributed by atoms with Crippen LogP contribution in [0.1, 0.15) is 36.0 Å². The van der Waals surface area contributed by atoms with Crippen molar-refractivity contribution < 1.29 is 13.6 Å². The molecule has 1 saturated heterocycles. The first-order valence-corrected chi connectivity index (χ1v) is 7.39. The SMILES string of the molecule is O=C(c1ccccc1SC(F)F)N1CCCCCC1. The van der Waals surface area contributed by atoms with E-state index in [1.54, 1.807) is 29.2 Å². The standard InChI is InChI=1S/C14H17F2NOS/c15-14(16)19-12-8-4-3-7-11(12)13(18)17-9-5-1-2-6-10-17/h3-4,7-8,14H,1-2,5-6,9-10H2. The first-order chi connectivity index (χ1) is 9.18. The molecule has 1 aromatic rings. The highest BCUT2D eigenvalue weighted by Crippen LogP contribution is 2.29. The van der Waals surface area contributed by atoms with E-state index >= 15 is 0 Å². The molecular weight excluding hydrogens is 268 g/mol. The molecule has 2 rings (SSSR count). The fourth-order valence-corrected chi connectivity index (χ4v) is 2.92. The van der Waals surface area contributed by atoms with E-state index in [1.165, 1.54) is 0 Å². The minimum atomic E-state index is -2.50. The molecule has 0 aliphatic carbocycles. The zero-order chi connectivity index (χ0) is 13.7. The van der Waals surface area contributed by atoms with E-state index in [9.17, 15) is 13.6 Å². The molecule has 1 fully saturated rings. The van der Waals surface area contributed by atoms with Crippen molar-refractivity contribution >= 4 is 17.7 Å². The number of alkyl halides is 2. The van der Waals surface area contributed by atoms with Crippen LogP contribution in [0.4, 0.5) is 8.78 Å². The summed E-state index contributed by atoms with van der Waals surface area (Å²) in [5.74, 6) is -2.62.